The van der Waals surface area contributed by atoms with E-state index < -0.39 is 0 Å². The SMILES string of the molecule is CC(c1ccc(F)c(Cl)c1)N1CCNCc2ccccc21. The van der Waals surface area contributed by atoms with E-state index in [4.69, 9.17) is 11.6 Å². The molecular weight excluding hydrogens is 287 g/mol. The van der Waals surface area contributed by atoms with Crippen molar-refractivity contribution in [2.75, 3.05) is 18.0 Å². The lowest BCUT2D eigenvalue weighted by Gasteiger charge is -2.31. The van der Waals surface area contributed by atoms with Gasteiger partial charge in [-0.25, -0.2) is 4.39 Å². The van der Waals surface area contributed by atoms with Crippen LogP contribution in [0.5, 0.6) is 0 Å². The summed E-state index contributed by atoms with van der Waals surface area (Å²) in [6.45, 7) is 4.84. The molecule has 0 bridgehead atoms. The molecule has 0 saturated heterocycles. The Morgan fingerprint density at radius 2 is 2.05 bits per heavy atom. The van der Waals surface area contributed by atoms with E-state index in [-0.39, 0.29) is 16.9 Å². The molecule has 1 aliphatic rings. The van der Waals surface area contributed by atoms with Gasteiger partial charge < -0.3 is 10.2 Å². The lowest BCUT2D eigenvalue weighted by atomic mass is 10.0. The van der Waals surface area contributed by atoms with Crippen molar-refractivity contribution in [2.45, 2.75) is 19.5 Å². The predicted molar refractivity (Wildman–Crippen MR) is 85.3 cm³/mol. The van der Waals surface area contributed by atoms with E-state index in [2.05, 4.69) is 41.4 Å². The second-order valence-electron chi connectivity index (χ2n) is 5.35. The van der Waals surface area contributed by atoms with Crippen molar-refractivity contribution >= 4 is 17.3 Å². The molecule has 0 spiro atoms. The van der Waals surface area contributed by atoms with Gasteiger partial charge in [-0.05, 0) is 36.2 Å². The number of benzene rings is 2. The van der Waals surface area contributed by atoms with Crippen LogP contribution in [0.2, 0.25) is 5.02 Å². The van der Waals surface area contributed by atoms with Crippen molar-refractivity contribution in [1.29, 1.82) is 0 Å². The number of halogens is 2. The maximum Gasteiger partial charge on any atom is 0.141 e. The van der Waals surface area contributed by atoms with Crippen molar-refractivity contribution < 1.29 is 4.39 Å². The summed E-state index contributed by atoms with van der Waals surface area (Å²) in [5, 5.41) is 3.61. The van der Waals surface area contributed by atoms with Gasteiger partial charge in [0.25, 0.3) is 0 Å². The minimum absolute atomic E-state index is 0.143. The molecule has 1 aliphatic heterocycles. The number of fused-ring (bicyclic) bond motifs is 1. The molecule has 0 aliphatic carbocycles. The van der Waals surface area contributed by atoms with Crippen LogP contribution in [0, 0.1) is 5.82 Å². The second-order valence-corrected chi connectivity index (χ2v) is 5.76. The number of para-hydroxylation sites is 1. The van der Waals surface area contributed by atoms with Crippen molar-refractivity contribution in [3.63, 3.8) is 0 Å². The summed E-state index contributed by atoms with van der Waals surface area (Å²) >= 11 is 5.92. The lowest BCUT2D eigenvalue weighted by molar-refractivity contribution is 0.619. The van der Waals surface area contributed by atoms with E-state index in [1.54, 1.807) is 6.07 Å². The Labute approximate surface area is 129 Å². The van der Waals surface area contributed by atoms with Crippen molar-refractivity contribution in [1.82, 2.24) is 5.32 Å². The summed E-state index contributed by atoms with van der Waals surface area (Å²) in [6.07, 6.45) is 0. The minimum Gasteiger partial charge on any atom is -0.363 e. The Morgan fingerprint density at radius 1 is 1.24 bits per heavy atom. The first-order valence-corrected chi connectivity index (χ1v) is 7.55. The first-order valence-electron chi connectivity index (χ1n) is 7.17. The van der Waals surface area contributed by atoms with Crippen molar-refractivity contribution in [3.8, 4) is 0 Å². The fourth-order valence-corrected chi connectivity index (χ4v) is 3.03. The third-order valence-electron chi connectivity index (χ3n) is 4.04. The fourth-order valence-electron chi connectivity index (χ4n) is 2.84. The van der Waals surface area contributed by atoms with Crippen molar-refractivity contribution in [3.05, 3.63) is 64.4 Å². The first kappa shape index (κ1) is 14.4. The van der Waals surface area contributed by atoms with E-state index in [0.29, 0.717) is 0 Å². The lowest BCUT2D eigenvalue weighted by Crippen LogP contribution is -2.31. The Morgan fingerprint density at radius 3 is 2.86 bits per heavy atom. The highest BCUT2D eigenvalue weighted by atomic mass is 35.5. The molecule has 1 N–H and O–H groups in total. The predicted octanol–water partition coefficient (Wildman–Crippen LogP) is 4.15. The third kappa shape index (κ3) is 2.89. The van der Waals surface area contributed by atoms with Gasteiger partial charge in [-0.3, -0.25) is 0 Å². The normalized spacial score (nSPS) is 16.2. The van der Waals surface area contributed by atoms with Gasteiger partial charge in [-0.1, -0.05) is 35.9 Å². The molecule has 110 valence electrons. The van der Waals surface area contributed by atoms with Gasteiger partial charge in [-0.2, -0.15) is 0 Å². The van der Waals surface area contributed by atoms with Crippen LogP contribution in [0.3, 0.4) is 0 Å². The highest BCUT2D eigenvalue weighted by molar-refractivity contribution is 6.30. The molecule has 4 heteroatoms. The number of nitrogens with one attached hydrogen (secondary N) is 1. The molecule has 2 aromatic rings. The Balaban J connectivity index is 1.96. The first-order chi connectivity index (χ1) is 10.2. The van der Waals surface area contributed by atoms with E-state index in [1.807, 2.05) is 6.07 Å². The summed E-state index contributed by atoms with van der Waals surface area (Å²) in [6, 6.07) is 13.5. The quantitative estimate of drug-likeness (QED) is 0.896. The van der Waals surface area contributed by atoms with Gasteiger partial charge in [0.2, 0.25) is 0 Å². The molecule has 0 aromatic heterocycles. The minimum atomic E-state index is -0.370. The molecule has 1 heterocycles. The monoisotopic (exact) mass is 304 g/mol. The van der Waals surface area contributed by atoms with Gasteiger partial charge >= 0.3 is 0 Å². The zero-order valence-corrected chi connectivity index (χ0v) is 12.7. The number of nitrogens with zero attached hydrogens (tertiary/aromatic N) is 1. The van der Waals surface area contributed by atoms with Crippen molar-refractivity contribution in [2.24, 2.45) is 0 Å². The topological polar surface area (TPSA) is 15.3 Å². The van der Waals surface area contributed by atoms with Gasteiger partial charge in [0.05, 0.1) is 11.1 Å². The van der Waals surface area contributed by atoms with E-state index in [0.717, 1.165) is 25.2 Å². The number of hydrogen-bond acceptors (Lipinski definition) is 2. The number of hydrogen-bond donors (Lipinski definition) is 1. The molecule has 0 fully saturated rings. The van der Waals surface area contributed by atoms with Gasteiger partial charge in [0.1, 0.15) is 5.82 Å². The maximum absolute atomic E-state index is 13.4. The molecule has 21 heavy (non-hydrogen) atoms. The van der Waals surface area contributed by atoms with E-state index in [9.17, 15) is 4.39 Å². The van der Waals surface area contributed by atoms with Gasteiger partial charge in [0, 0.05) is 25.3 Å². The summed E-state index contributed by atoms with van der Waals surface area (Å²) in [4.78, 5) is 2.35. The standard InChI is InChI=1S/C17H18ClFN2/c1-12(13-6-7-16(19)15(18)10-13)21-9-8-20-11-14-4-2-3-5-17(14)21/h2-7,10,12,20H,8-9,11H2,1H3. The number of rotatable bonds is 2. The fraction of sp³-hybridized carbons (Fsp3) is 0.294. The Hall–Kier alpha value is -1.58. The van der Waals surface area contributed by atoms with Crippen LogP contribution in [-0.4, -0.2) is 13.1 Å². The van der Waals surface area contributed by atoms with Crippen LogP contribution in [-0.2, 0) is 6.54 Å². The Kier molecular flexibility index (Phi) is 4.13. The van der Waals surface area contributed by atoms with Crippen LogP contribution >= 0.6 is 11.6 Å². The van der Waals surface area contributed by atoms with E-state index in [1.165, 1.54) is 17.3 Å². The molecule has 3 rings (SSSR count). The largest absolute Gasteiger partial charge is 0.363 e. The van der Waals surface area contributed by atoms with Crippen LogP contribution in [0.1, 0.15) is 24.1 Å². The number of anilines is 1. The van der Waals surface area contributed by atoms with E-state index >= 15 is 0 Å². The highest BCUT2D eigenvalue weighted by Crippen LogP contribution is 2.32. The second kappa shape index (κ2) is 6.04. The summed E-state index contributed by atoms with van der Waals surface area (Å²) in [5.74, 6) is -0.370. The molecule has 0 radical (unpaired) electrons. The molecule has 1 unspecified atom stereocenters. The molecule has 0 saturated carbocycles. The van der Waals surface area contributed by atoms with Crippen LogP contribution in [0.15, 0.2) is 42.5 Å². The molecular formula is C17H18ClFN2. The van der Waals surface area contributed by atoms with Crippen LogP contribution in [0.4, 0.5) is 10.1 Å². The van der Waals surface area contributed by atoms with Crippen LogP contribution in [0.25, 0.3) is 0 Å². The van der Waals surface area contributed by atoms with Crippen LogP contribution < -0.4 is 10.2 Å². The third-order valence-corrected chi connectivity index (χ3v) is 4.33. The molecule has 2 aromatic carbocycles. The average molecular weight is 305 g/mol. The molecule has 0 amide bonds. The zero-order valence-electron chi connectivity index (χ0n) is 11.9. The summed E-state index contributed by atoms with van der Waals surface area (Å²) in [5.41, 5.74) is 3.55. The molecule has 1 atom stereocenters. The van der Waals surface area contributed by atoms with Gasteiger partial charge in [-0.15, -0.1) is 0 Å². The Bertz CT molecular complexity index is 644. The molecule has 2 nitrogen and oxygen atoms in total. The zero-order chi connectivity index (χ0) is 14.8. The average Bonchev–Trinajstić information content (AvgIpc) is 2.71. The smallest absolute Gasteiger partial charge is 0.141 e. The maximum atomic E-state index is 13.4. The highest BCUT2D eigenvalue weighted by Gasteiger charge is 2.21. The summed E-state index contributed by atoms with van der Waals surface area (Å²) < 4.78 is 13.4. The van der Waals surface area contributed by atoms with Gasteiger partial charge in [0.15, 0.2) is 0 Å². The summed E-state index contributed by atoms with van der Waals surface area (Å²) in [7, 11) is 0.